The number of ether oxygens (including phenoxy) is 1. The van der Waals surface area contributed by atoms with Crippen molar-refractivity contribution in [1.29, 1.82) is 0 Å². The van der Waals surface area contributed by atoms with Crippen molar-refractivity contribution in [3.8, 4) is 5.75 Å². The molecule has 2 heterocycles. The number of hydrogen-bond donors (Lipinski definition) is 1. The molecule has 0 aliphatic carbocycles. The highest BCUT2D eigenvalue weighted by Crippen LogP contribution is 2.15. The van der Waals surface area contributed by atoms with Crippen molar-refractivity contribution in [2.45, 2.75) is 39.5 Å². The molecule has 0 spiro atoms. The maximum Gasteiger partial charge on any atom is 0.138 e. The lowest BCUT2D eigenvalue weighted by Crippen LogP contribution is -2.35. The fourth-order valence-electron chi connectivity index (χ4n) is 1.51. The summed E-state index contributed by atoms with van der Waals surface area (Å²) in [5.41, 5.74) is 1.13. The van der Waals surface area contributed by atoms with E-state index < -0.39 is 0 Å². The molecule has 102 valence electrons. The van der Waals surface area contributed by atoms with E-state index >= 15 is 0 Å². The highest BCUT2D eigenvalue weighted by molar-refractivity contribution is 7.09. The van der Waals surface area contributed by atoms with Crippen molar-refractivity contribution in [2.75, 3.05) is 0 Å². The van der Waals surface area contributed by atoms with E-state index in [0.29, 0.717) is 6.61 Å². The molecular weight excluding hydrogens is 256 g/mol. The summed E-state index contributed by atoms with van der Waals surface area (Å²) in [6.45, 7) is 7.82. The quantitative estimate of drug-likeness (QED) is 0.906. The number of nitrogens with zero attached hydrogens (tertiary/aromatic N) is 1. The van der Waals surface area contributed by atoms with Gasteiger partial charge in [-0.2, -0.15) is 0 Å². The molecular formula is C15H20N2OS. The second-order valence-electron chi connectivity index (χ2n) is 5.46. The van der Waals surface area contributed by atoms with Gasteiger partial charge in [-0.15, -0.1) is 11.3 Å². The number of rotatable bonds is 5. The normalized spacial score (nSPS) is 11.5. The molecule has 0 aliphatic heterocycles. The van der Waals surface area contributed by atoms with Crippen LogP contribution in [0.1, 0.15) is 31.3 Å². The van der Waals surface area contributed by atoms with Crippen LogP contribution >= 0.6 is 11.3 Å². The molecule has 0 radical (unpaired) electrons. The third-order valence-corrected chi connectivity index (χ3v) is 3.41. The average Bonchev–Trinajstić information content (AvgIpc) is 2.87. The number of hydrogen-bond acceptors (Lipinski definition) is 4. The summed E-state index contributed by atoms with van der Waals surface area (Å²) in [5, 5.41) is 5.46. The van der Waals surface area contributed by atoms with Crippen molar-refractivity contribution < 1.29 is 4.74 Å². The van der Waals surface area contributed by atoms with Crippen LogP contribution in [0.2, 0.25) is 0 Å². The Balaban J connectivity index is 1.84. The summed E-state index contributed by atoms with van der Waals surface area (Å²) < 4.78 is 5.68. The molecule has 0 saturated heterocycles. The first-order valence-corrected chi connectivity index (χ1v) is 7.26. The first-order chi connectivity index (χ1) is 9.03. The monoisotopic (exact) mass is 276 g/mol. The van der Waals surface area contributed by atoms with Crippen LogP contribution in [0.4, 0.5) is 0 Å². The summed E-state index contributed by atoms with van der Waals surface area (Å²) in [7, 11) is 0. The Morgan fingerprint density at radius 2 is 2.11 bits per heavy atom. The first kappa shape index (κ1) is 14.0. The summed E-state index contributed by atoms with van der Waals surface area (Å²) >= 11 is 1.70. The number of nitrogens with one attached hydrogen (secondary N) is 1. The van der Waals surface area contributed by atoms with Crippen LogP contribution in [0.3, 0.4) is 0 Å². The van der Waals surface area contributed by atoms with Gasteiger partial charge in [0, 0.05) is 17.0 Å². The minimum atomic E-state index is 0.107. The van der Waals surface area contributed by atoms with Crippen LogP contribution in [0.5, 0.6) is 5.75 Å². The second-order valence-corrected chi connectivity index (χ2v) is 6.49. The Hall–Kier alpha value is -1.39. The van der Waals surface area contributed by atoms with Gasteiger partial charge in [-0.3, -0.25) is 4.98 Å². The summed E-state index contributed by atoms with van der Waals surface area (Å²) in [6, 6.07) is 8.07. The van der Waals surface area contributed by atoms with E-state index in [1.165, 1.54) is 4.88 Å². The van der Waals surface area contributed by atoms with Gasteiger partial charge < -0.3 is 10.1 Å². The van der Waals surface area contributed by atoms with E-state index in [0.717, 1.165) is 18.0 Å². The van der Waals surface area contributed by atoms with Crippen LogP contribution in [-0.2, 0) is 13.2 Å². The van der Waals surface area contributed by atoms with Gasteiger partial charge in [0.15, 0.2) is 0 Å². The third-order valence-electron chi connectivity index (χ3n) is 2.56. The molecule has 0 fully saturated rings. The van der Waals surface area contributed by atoms with Crippen molar-refractivity contribution in [1.82, 2.24) is 10.3 Å². The highest BCUT2D eigenvalue weighted by Gasteiger charge is 2.08. The van der Waals surface area contributed by atoms with Crippen LogP contribution in [0.15, 0.2) is 35.8 Å². The van der Waals surface area contributed by atoms with Crippen molar-refractivity contribution >= 4 is 11.3 Å². The molecule has 0 atom stereocenters. The second kappa shape index (κ2) is 6.17. The van der Waals surface area contributed by atoms with Gasteiger partial charge in [0.1, 0.15) is 12.4 Å². The van der Waals surface area contributed by atoms with Gasteiger partial charge >= 0.3 is 0 Å². The molecule has 0 bridgehead atoms. The minimum Gasteiger partial charge on any atom is -0.486 e. The van der Waals surface area contributed by atoms with Gasteiger partial charge in [0.05, 0.1) is 11.9 Å². The van der Waals surface area contributed by atoms with E-state index in [4.69, 9.17) is 4.74 Å². The topological polar surface area (TPSA) is 34.1 Å². The molecule has 1 N–H and O–H groups in total. The zero-order chi connectivity index (χ0) is 13.7. The largest absolute Gasteiger partial charge is 0.486 e. The highest BCUT2D eigenvalue weighted by atomic mass is 32.1. The van der Waals surface area contributed by atoms with E-state index in [1.807, 2.05) is 18.2 Å². The molecule has 2 aromatic heterocycles. The van der Waals surface area contributed by atoms with Crippen molar-refractivity contribution in [3.63, 3.8) is 0 Å². The smallest absolute Gasteiger partial charge is 0.138 e. The Morgan fingerprint density at radius 3 is 2.68 bits per heavy atom. The van der Waals surface area contributed by atoms with Gasteiger partial charge in [0.2, 0.25) is 0 Å². The van der Waals surface area contributed by atoms with Gasteiger partial charge in [-0.25, -0.2) is 0 Å². The lowest BCUT2D eigenvalue weighted by atomic mass is 10.1. The van der Waals surface area contributed by atoms with Gasteiger partial charge in [-0.05, 0) is 44.4 Å². The molecule has 0 saturated carbocycles. The standard InChI is InChI=1S/C15H20N2OS/c1-15(2,3)17-9-12-6-7-13(10-16-12)18-11-14-5-4-8-19-14/h4-8,10,17H,9,11H2,1-3H3. The molecule has 4 heteroatoms. The third kappa shape index (κ3) is 5.01. The summed E-state index contributed by atoms with van der Waals surface area (Å²) in [5.74, 6) is 0.813. The first-order valence-electron chi connectivity index (χ1n) is 6.38. The van der Waals surface area contributed by atoms with Crippen LogP contribution in [-0.4, -0.2) is 10.5 Å². The molecule has 2 aromatic rings. The minimum absolute atomic E-state index is 0.107. The number of pyridine rings is 1. The molecule has 19 heavy (non-hydrogen) atoms. The van der Waals surface area contributed by atoms with E-state index in [-0.39, 0.29) is 5.54 Å². The Labute approximate surface area is 118 Å². The Morgan fingerprint density at radius 1 is 1.26 bits per heavy atom. The SMILES string of the molecule is CC(C)(C)NCc1ccc(OCc2cccs2)cn1. The Kier molecular flexibility index (Phi) is 4.56. The van der Waals surface area contributed by atoms with E-state index in [1.54, 1.807) is 17.5 Å². The predicted octanol–water partition coefficient (Wildman–Crippen LogP) is 3.61. The molecule has 0 aromatic carbocycles. The van der Waals surface area contributed by atoms with Crippen LogP contribution < -0.4 is 10.1 Å². The maximum atomic E-state index is 5.68. The molecule has 3 nitrogen and oxygen atoms in total. The molecule has 0 unspecified atom stereocenters. The zero-order valence-corrected chi connectivity index (χ0v) is 12.5. The van der Waals surface area contributed by atoms with Crippen LogP contribution in [0.25, 0.3) is 0 Å². The van der Waals surface area contributed by atoms with E-state index in [2.05, 4.69) is 42.5 Å². The van der Waals surface area contributed by atoms with Crippen molar-refractivity contribution in [3.05, 3.63) is 46.4 Å². The van der Waals surface area contributed by atoms with Gasteiger partial charge in [-0.1, -0.05) is 6.07 Å². The summed E-state index contributed by atoms with van der Waals surface area (Å²) in [4.78, 5) is 5.62. The fourth-order valence-corrected chi connectivity index (χ4v) is 2.12. The molecule has 2 rings (SSSR count). The lowest BCUT2D eigenvalue weighted by molar-refractivity contribution is 0.308. The number of thiophene rings is 1. The zero-order valence-electron chi connectivity index (χ0n) is 11.6. The Bertz CT molecular complexity index is 486. The maximum absolute atomic E-state index is 5.68. The van der Waals surface area contributed by atoms with E-state index in [9.17, 15) is 0 Å². The van der Waals surface area contributed by atoms with Crippen LogP contribution in [0, 0.1) is 0 Å². The summed E-state index contributed by atoms with van der Waals surface area (Å²) in [6.07, 6.45) is 1.78. The fraction of sp³-hybridized carbons (Fsp3) is 0.400. The average molecular weight is 276 g/mol. The van der Waals surface area contributed by atoms with Crippen molar-refractivity contribution in [2.24, 2.45) is 0 Å². The lowest BCUT2D eigenvalue weighted by Gasteiger charge is -2.20. The number of aromatic nitrogens is 1. The predicted molar refractivity (Wildman–Crippen MR) is 79.5 cm³/mol. The van der Waals surface area contributed by atoms with Gasteiger partial charge in [0.25, 0.3) is 0 Å². The molecule has 0 amide bonds. The molecule has 0 aliphatic rings.